The molecule has 0 aliphatic rings. The summed E-state index contributed by atoms with van der Waals surface area (Å²) in [5, 5.41) is 15.7. The maximum Gasteiger partial charge on any atom is 0.307 e. The Balaban J connectivity index is 3.04. The van der Waals surface area contributed by atoms with Crippen molar-refractivity contribution in [2.75, 3.05) is 0 Å². The summed E-state index contributed by atoms with van der Waals surface area (Å²) in [5.74, 6) is -1.11. The van der Waals surface area contributed by atoms with Crippen LogP contribution >= 0.6 is 0 Å². The van der Waals surface area contributed by atoms with Crippen molar-refractivity contribution in [3.63, 3.8) is 0 Å². The summed E-state index contributed by atoms with van der Waals surface area (Å²) in [6.07, 6.45) is 2.72. The Kier molecular flexibility index (Phi) is 2.59. The largest absolute Gasteiger partial charge is 0.481 e. The zero-order chi connectivity index (χ0) is 9.84. The average Bonchev–Trinajstić information content (AvgIpc) is 2.03. The molecule has 1 rings (SSSR count). The summed E-state index contributed by atoms with van der Waals surface area (Å²) in [4.78, 5) is 14.2. The van der Waals surface area contributed by atoms with E-state index in [-0.39, 0.29) is 12.3 Å². The molecule has 0 spiro atoms. The van der Waals surface area contributed by atoms with Crippen molar-refractivity contribution in [3.05, 3.63) is 29.6 Å². The van der Waals surface area contributed by atoms with Crippen molar-refractivity contribution >= 4 is 11.8 Å². The fraction of sp³-hybridized carbons (Fsp3) is 0.125. The average molecular weight is 179 g/mol. The molecule has 0 amide bonds. The quantitative estimate of drug-likeness (QED) is 0.448. The molecular weight excluding hydrogens is 170 g/mol. The smallest absolute Gasteiger partial charge is 0.307 e. The summed E-state index contributed by atoms with van der Waals surface area (Å²) < 4.78 is 0. The molecule has 0 saturated heterocycles. The van der Waals surface area contributed by atoms with Gasteiger partial charge < -0.3 is 10.8 Å². The number of aromatic nitrogens is 1. The zero-order valence-corrected chi connectivity index (χ0v) is 6.82. The fourth-order valence-electron chi connectivity index (χ4n) is 0.983. The second-order valence-corrected chi connectivity index (χ2v) is 2.52. The Labute approximate surface area is 74.7 Å². The minimum atomic E-state index is -0.950. The lowest BCUT2D eigenvalue weighted by Crippen LogP contribution is -2.15. The van der Waals surface area contributed by atoms with Crippen LogP contribution in [-0.2, 0) is 11.2 Å². The van der Waals surface area contributed by atoms with E-state index in [1.54, 1.807) is 6.07 Å². The Hall–Kier alpha value is -1.91. The molecule has 0 fully saturated rings. The van der Waals surface area contributed by atoms with E-state index in [0.717, 1.165) is 0 Å². The predicted octanol–water partition coefficient (Wildman–Crippen LogP) is -0.00723. The third kappa shape index (κ3) is 2.26. The number of nitrogens with zero attached hydrogens (tertiary/aromatic N) is 1. The third-order valence-electron chi connectivity index (χ3n) is 1.54. The highest BCUT2D eigenvalue weighted by molar-refractivity contribution is 5.96. The molecular formula is C8H9N3O2. The monoisotopic (exact) mass is 179 g/mol. The number of carboxylic acids is 1. The van der Waals surface area contributed by atoms with Crippen molar-refractivity contribution in [1.29, 1.82) is 5.41 Å². The summed E-state index contributed by atoms with van der Waals surface area (Å²) >= 11 is 0. The highest BCUT2D eigenvalue weighted by atomic mass is 16.4. The zero-order valence-electron chi connectivity index (χ0n) is 6.82. The molecule has 0 saturated carbocycles. The molecule has 5 heteroatoms. The van der Waals surface area contributed by atoms with Gasteiger partial charge in [0.05, 0.1) is 6.42 Å². The van der Waals surface area contributed by atoms with Crippen LogP contribution in [0.3, 0.4) is 0 Å². The molecule has 1 heterocycles. The van der Waals surface area contributed by atoms with E-state index in [2.05, 4.69) is 4.98 Å². The van der Waals surface area contributed by atoms with Crippen LogP contribution in [0.15, 0.2) is 18.5 Å². The number of nitrogen functional groups attached to an aromatic ring is 1. The van der Waals surface area contributed by atoms with Crippen LogP contribution in [0, 0.1) is 5.41 Å². The summed E-state index contributed by atoms with van der Waals surface area (Å²) in [5.41, 5.74) is 6.13. The van der Waals surface area contributed by atoms with Crippen molar-refractivity contribution < 1.29 is 9.90 Å². The lowest BCUT2D eigenvalue weighted by molar-refractivity contribution is -0.136. The van der Waals surface area contributed by atoms with Gasteiger partial charge in [-0.05, 0) is 11.6 Å². The normalized spacial score (nSPS) is 9.54. The molecule has 1 aromatic rings. The van der Waals surface area contributed by atoms with Crippen LogP contribution in [0.25, 0.3) is 0 Å². The number of nitrogens with two attached hydrogens (primary N) is 1. The van der Waals surface area contributed by atoms with E-state index in [9.17, 15) is 4.79 Å². The molecule has 0 aromatic carbocycles. The predicted molar refractivity (Wildman–Crippen MR) is 46.6 cm³/mol. The van der Waals surface area contributed by atoms with Crippen molar-refractivity contribution in [3.8, 4) is 0 Å². The maximum absolute atomic E-state index is 10.4. The Morgan fingerprint density at radius 3 is 2.92 bits per heavy atom. The number of pyridine rings is 1. The molecule has 0 unspecified atom stereocenters. The summed E-state index contributed by atoms with van der Waals surface area (Å²) in [7, 11) is 0. The number of hydrogen-bond donors (Lipinski definition) is 3. The summed E-state index contributed by atoms with van der Waals surface area (Å²) in [6, 6.07) is 1.55. The molecule has 4 N–H and O–H groups in total. The van der Waals surface area contributed by atoms with Gasteiger partial charge in [0.15, 0.2) is 0 Å². The first kappa shape index (κ1) is 9.18. The molecule has 68 valence electrons. The van der Waals surface area contributed by atoms with Gasteiger partial charge in [-0.15, -0.1) is 0 Å². The van der Waals surface area contributed by atoms with Gasteiger partial charge in [-0.25, -0.2) is 0 Å². The van der Waals surface area contributed by atoms with Crippen LogP contribution in [0.5, 0.6) is 0 Å². The van der Waals surface area contributed by atoms with E-state index in [4.69, 9.17) is 16.2 Å². The third-order valence-corrected chi connectivity index (χ3v) is 1.54. The van der Waals surface area contributed by atoms with Gasteiger partial charge in [-0.1, -0.05) is 0 Å². The molecule has 13 heavy (non-hydrogen) atoms. The lowest BCUT2D eigenvalue weighted by atomic mass is 10.1. The molecule has 0 aliphatic heterocycles. The first-order chi connectivity index (χ1) is 6.11. The van der Waals surface area contributed by atoms with Crippen molar-refractivity contribution in [2.24, 2.45) is 5.73 Å². The number of hydrogen-bond acceptors (Lipinski definition) is 3. The van der Waals surface area contributed by atoms with Gasteiger partial charge in [0.1, 0.15) is 5.84 Å². The van der Waals surface area contributed by atoms with E-state index in [1.165, 1.54) is 12.4 Å². The number of aliphatic carboxylic acids is 1. The van der Waals surface area contributed by atoms with Crippen LogP contribution in [-0.4, -0.2) is 21.9 Å². The molecule has 1 aromatic heterocycles. The van der Waals surface area contributed by atoms with Crippen LogP contribution in [0.4, 0.5) is 0 Å². The SMILES string of the molecule is N=C(N)c1cnccc1CC(=O)O. The number of rotatable bonds is 3. The molecule has 0 atom stereocenters. The van der Waals surface area contributed by atoms with Crippen LogP contribution in [0.1, 0.15) is 11.1 Å². The molecule has 5 nitrogen and oxygen atoms in total. The van der Waals surface area contributed by atoms with Gasteiger partial charge in [-0.2, -0.15) is 0 Å². The number of carboxylic acid groups (broad SMARTS) is 1. The minimum Gasteiger partial charge on any atom is -0.481 e. The number of carbonyl (C=O) groups is 1. The lowest BCUT2D eigenvalue weighted by Gasteiger charge is -2.03. The highest BCUT2D eigenvalue weighted by Gasteiger charge is 2.07. The van der Waals surface area contributed by atoms with Crippen LogP contribution < -0.4 is 5.73 Å². The maximum atomic E-state index is 10.4. The van der Waals surface area contributed by atoms with E-state index >= 15 is 0 Å². The van der Waals surface area contributed by atoms with Gasteiger partial charge in [0.25, 0.3) is 0 Å². The Morgan fingerprint density at radius 2 is 2.38 bits per heavy atom. The molecule has 0 aliphatic carbocycles. The van der Waals surface area contributed by atoms with E-state index in [0.29, 0.717) is 11.1 Å². The van der Waals surface area contributed by atoms with E-state index < -0.39 is 5.97 Å². The second-order valence-electron chi connectivity index (χ2n) is 2.52. The minimum absolute atomic E-state index is 0.141. The van der Waals surface area contributed by atoms with Gasteiger partial charge in [0, 0.05) is 18.0 Å². The van der Waals surface area contributed by atoms with Crippen LogP contribution in [0.2, 0.25) is 0 Å². The first-order valence-corrected chi connectivity index (χ1v) is 3.60. The Morgan fingerprint density at radius 1 is 1.69 bits per heavy atom. The Bertz CT molecular complexity index is 349. The van der Waals surface area contributed by atoms with Gasteiger partial charge >= 0.3 is 5.97 Å². The fourth-order valence-corrected chi connectivity index (χ4v) is 0.983. The van der Waals surface area contributed by atoms with Gasteiger partial charge in [-0.3, -0.25) is 15.2 Å². The standard InChI is InChI=1S/C8H9N3O2/c9-8(10)6-4-11-2-1-5(6)3-7(12)13/h1-2,4H,3H2,(H3,9,10)(H,12,13). The molecule has 0 bridgehead atoms. The summed E-state index contributed by atoms with van der Waals surface area (Å²) in [6.45, 7) is 0. The van der Waals surface area contributed by atoms with Crippen molar-refractivity contribution in [1.82, 2.24) is 4.98 Å². The highest BCUT2D eigenvalue weighted by Crippen LogP contribution is 2.06. The van der Waals surface area contributed by atoms with Gasteiger partial charge in [0.2, 0.25) is 0 Å². The first-order valence-electron chi connectivity index (χ1n) is 3.60. The number of amidine groups is 1. The number of nitrogens with one attached hydrogen (secondary N) is 1. The second kappa shape index (κ2) is 3.66. The van der Waals surface area contributed by atoms with Crippen molar-refractivity contribution in [2.45, 2.75) is 6.42 Å². The topological polar surface area (TPSA) is 100 Å². The molecule has 0 radical (unpaired) electrons. The van der Waals surface area contributed by atoms with E-state index in [1.807, 2.05) is 0 Å².